The number of hydrogen-bond acceptors (Lipinski definition) is 3. The Morgan fingerprint density at radius 3 is 2.50 bits per heavy atom. The van der Waals surface area contributed by atoms with Crippen LogP contribution < -0.4 is 5.32 Å². The van der Waals surface area contributed by atoms with Crippen molar-refractivity contribution >= 4 is 29.2 Å². The first-order valence-electron chi connectivity index (χ1n) is 6.12. The maximum atomic E-state index is 12.7. The fraction of sp³-hybridized carbons (Fsp3) is 0.385. The van der Waals surface area contributed by atoms with Gasteiger partial charge < -0.3 is 10.4 Å². The summed E-state index contributed by atoms with van der Waals surface area (Å²) < 4.78 is 38.1. The Morgan fingerprint density at radius 1 is 1.41 bits per heavy atom. The largest absolute Gasteiger partial charge is 0.480 e. The quantitative estimate of drug-likeness (QED) is 0.866. The summed E-state index contributed by atoms with van der Waals surface area (Å²) in [5.74, 6) is -1.74. The predicted octanol–water partition coefficient (Wildman–Crippen LogP) is 2.70. The Bertz CT molecular complexity index is 578. The fourth-order valence-electron chi connectivity index (χ4n) is 1.57. The van der Waals surface area contributed by atoms with Gasteiger partial charge in [0.1, 0.15) is 6.04 Å². The summed E-state index contributed by atoms with van der Waals surface area (Å²) in [6.45, 7) is 1.11. The number of aliphatic carboxylic acids is 1. The summed E-state index contributed by atoms with van der Waals surface area (Å²) >= 11 is 5.47. The third kappa shape index (κ3) is 4.88. The van der Waals surface area contributed by atoms with E-state index in [1.54, 1.807) is 0 Å². The third-order valence-electron chi connectivity index (χ3n) is 2.97. The van der Waals surface area contributed by atoms with Crippen LogP contribution in [0.4, 0.5) is 18.9 Å². The van der Waals surface area contributed by atoms with E-state index in [-0.39, 0.29) is 12.2 Å². The second-order valence-electron chi connectivity index (χ2n) is 4.67. The van der Waals surface area contributed by atoms with E-state index in [4.69, 9.17) is 16.7 Å². The number of likely N-dealkylation sites (N-methyl/N-ethyl adjacent to an activating group) is 1. The Hall–Kier alpha value is -1.80. The van der Waals surface area contributed by atoms with Gasteiger partial charge in [-0.1, -0.05) is 11.6 Å². The number of nitrogens with one attached hydrogen (secondary N) is 1. The van der Waals surface area contributed by atoms with Gasteiger partial charge in [0.2, 0.25) is 5.91 Å². The van der Waals surface area contributed by atoms with Crippen LogP contribution in [0.2, 0.25) is 5.02 Å². The summed E-state index contributed by atoms with van der Waals surface area (Å²) in [5.41, 5.74) is -1.13. The summed E-state index contributed by atoms with van der Waals surface area (Å²) in [4.78, 5) is 23.7. The zero-order chi connectivity index (χ0) is 17.1. The van der Waals surface area contributed by atoms with Crippen LogP contribution in [-0.4, -0.2) is 41.5 Å². The van der Waals surface area contributed by atoms with E-state index in [9.17, 15) is 22.8 Å². The Morgan fingerprint density at radius 2 is 2.00 bits per heavy atom. The maximum Gasteiger partial charge on any atom is 0.417 e. The fourth-order valence-corrected chi connectivity index (χ4v) is 1.80. The average Bonchev–Trinajstić information content (AvgIpc) is 2.38. The molecule has 9 heteroatoms. The van der Waals surface area contributed by atoms with E-state index in [0.29, 0.717) is 0 Å². The van der Waals surface area contributed by atoms with Crippen molar-refractivity contribution in [2.45, 2.75) is 19.1 Å². The van der Waals surface area contributed by atoms with Crippen molar-refractivity contribution in [3.8, 4) is 0 Å². The standard InChI is InChI=1S/C13H14ClF3N2O3/c1-7(12(21)22)19(2)6-11(20)18-8-3-4-10(14)9(5-8)13(15,16)17/h3-5,7H,6H2,1-2H3,(H,18,20)(H,21,22)/t7-/m1/s1. The van der Waals surface area contributed by atoms with Gasteiger partial charge in [-0.05, 0) is 32.2 Å². The van der Waals surface area contributed by atoms with Crippen LogP contribution in [-0.2, 0) is 15.8 Å². The number of halogens is 4. The number of amides is 1. The Labute approximate surface area is 129 Å². The second kappa shape index (κ2) is 6.97. The highest BCUT2D eigenvalue weighted by molar-refractivity contribution is 6.31. The van der Waals surface area contributed by atoms with Gasteiger partial charge in [-0.2, -0.15) is 13.2 Å². The van der Waals surface area contributed by atoms with Gasteiger partial charge in [-0.15, -0.1) is 0 Å². The van der Waals surface area contributed by atoms with E-state index in [1.807, 2.05) is 0 Å². The smallest absolute Gasteiger partial charge is 0.417 e. The van der Waals surface area contributed by atoms with Crippen molar-refractivity contribution in [1.82, 2.24) is 4.90 Å². The predicted molar refractivity (Wildman–Crippen MR) is 74.8 cm³/mol. The zero-order valence-electron chi connectivity index (χ0n) is 11.7. The van der Waals surface area contributed by atoms with E-state index in [2.05, 4.69) is 5.32 Å². The summed E-state index contributed by atoms with van der Waals surface area (Å²) in [5, 5.41) is 10.6. The number of carboxylic acid groups (broad SMARTS) is 1. The minimum atomic E-state index is -4.63. The number of rotatable bonds is 5. The number of alkyl halides is 3. The number of carboxylic acids is 1. The lowest BCUT2D eigenvalue weighted by Crippen LogP contribution is -2.40. The second-order valence-corrected chi connectivity index (χ2v) is 5.08. The number of anilines is 1. The molecule has 1 atom stereocenters. The SMILES string of the molecule is C[C@H](C(=O)O)N(C)CC(=O)Nc1ccc(Cl)c(C(F)(F)F)c1. The molecule has 0 aliphatic rings. The molecule has 1 aromatic rings. The van der Waals surface area contributed by atoms with Crippen molar-refractivity contribution in [1.29, 1.82) is 0 Å². The molecule has 5 nitrogen and oxygen atoms in total. The van der Waals surface area contributed by atoms with Gasteiger partial charge in [0, 0.05) is 5.69 Å². The molecule has 1 rings (SSSR count). The molecule has 0 aliphatic carbocycles. The minimum Gasteiger partial charge on any atom is -0.480 e. The third-order valence-corrected chi connectivity index (χ3v) is 3.30. The first-order chi connectivity index (χ1) is 10.0. The van der Waals surface area contributed by atoms with Gasteiger partial charge in [0.05, 0.1) is 17.1 Å². The number of hydrogen-bond donors (Lipinski definition) is 2. The monoisotopic (exact) mass is 338 g/mol. The van der Waals surface area contributed by atoms with E-state index < -0.39 is 34.7 Å². The Kier molecular flexibility index (Phi) is 5.78. The average molecular weight is 339 g/mol. The molecular weight excluding hydrogens is 325 g/mol. The van der Waals surface area contributed by atoms with E-state index in [0.717, 1.165) is 12.1 Å². The number of carbonyl (C=O) groups is 2. The van der Waals surface area contributed by atoms with Crippen molar-refractivity contribution in [3.63, 3.8) is 0 Å². The lowest BCUT2D eigenvalue weighted by molar-refractivity contribution is -0.142. The van der Waals surface area contributed by atoms with Crippen molar-refractivity contribution < 1.29 is 27.9 Å². The molecule has 22 heavy (non-hydrogen) atoms. The zero-order valence-corrected chi connectivity index (χ0v) is 12.5. The van der Waals surface area contributed by atoms with Crippen molar-refractivity contribution in [2.24, 2.45) is 0 Å². The highest BCUT2D eigenvalue weighted by Crippen LogP contribution is 2.36. The first-order valence-corrected chi connectivity index (χ1v) is 6.50. The van der Waals surface area contributed by atoms with E-state index in [1.165, 1.54) is 24.9 Å². The number of nitrogens with zero attached hydrogens (tertiary/aromatic N) is 1. The molecule has 0 fully saturated rings. The summed E-state index contributed by atoms with van der Waals surface area (Å²) in [7, 11) is 1.42. The molecule has 0 saturated heterocycles. The topological polar surface area (TPSA) is 69.6 Å². The lowest BCUT2D eigenvalue weighted by Gasteiger charge is -2.20. The van der Waals surface area contributed by atoms with Crippen molar-refractivity contribution in [2.75, 3.05) is 18.9 Å². The van der Waals surface area contributed by atoms with Crippen LogP contribution in [0.15, 0.2) is 18.2 Å². The van der Waals surface area contributed by atoms with Gasteiger partial charge in [0.25, 0.3) is 0 Å². The molecule has 0 unspecified atom stereocenters. The molecule has 0 saturated carbocycles. The molecule has 0 radical (unpaired) electrons. The first kappa shape index (κ1) is 18.2. The van der Waals surface area contributed by atoms with Gasteiger partial charge in [-0.3, -0.25) is 14.5 Å². The van der Waals surface area contributed by atoms with Crippen LogP contribution in [0.5, 0.6) is 0 Å². The molecule has 0 spiro atoms. The van der Waals surface area contributed by atoms with Crippen LogP contribution in [0.3, 0.4) is 0 Å². The van der Waals surface area contributed by atoms with Gasteiger partial charge in [-0.25, -0.2) is 0 Å². The Balaban J connectivity index is 2.79. The van der Waals surface area contributed by atoms with E-state index >= 15 is 0 Å². The molecule has 1 aromatic carbocycles. The lowest BCUT2D eigenvalue weighted by atomic mass is 10.2. The van der Waals surface area contributed by atoms with Crippen LogP contribution >= 0.6 is 11.6 Å². The molecule has 2 N–H and O–H groups in total. The van der Waals surface area contributed by atoms with Crippen LogP contribution in [0, 0.1) is 0 Å². The molecule has 0 aromatic heterocycles. The van der Waals surface area contributed by atoms with Crippen molar-refractivity contribution in [3.05, 3.63) is 28.8 Å². The molecule has 122 valence electrons. The molecule has 0 aliphatic heterocycles. The molecule has 0 heterocycles. The van der Waals surface area contributed by atoms with Gasteiger partial charge in [0.15, 0.2) is 0 Å². The minimum absolute atomic E-state index is 0.0712. The highest BCUT2D eigenvalue weighted by atomic mass is 35.5. The maximum absolute atomic E-state index is 12.7. The molecule has 0 bridgehead atoms. The van der Waals surface area contributed by atoms with Crippen LogP contribution in [0.25, 0.3) is 0 Å². The number of benzene rings is 1. The number of carbonyl (C=O) groups excluding carboxylic acids is 1. The van der Waals surface area contributed by atoms with Crippen LogP contribution in [0.1, 0.15) is 12.5 Å². The highest BCUT2D eigenvalue weighted by Gasteiger charge is 2.33. The van der Waals surface area contributed by atoms with Gasteiger partial charge >= 0.3 is 12.1 Å². The molecular formula is C13H14ClF3N2O3. The molecule has 1 amide bonds. The summed E-state index contributed by atoms with van der Waals surface area (Å²) in [6, 6.07) is 2.09. The summed E-state index contributed by atoms with van der Waals surface area (Å²) in [6.07, 6.45) is -4.63. The normalized spacial score (nSPS) is 13.0.